The number of piperazine rings is 1. The molecule has 2 N–H and O–H groups in total. The fraction of sp³-hybridized carbons (Fsp3) is 0.545. The zero-order valence-electron chi connectivity index (χ0n) is 27.0. The summed E-state index contributed by atoms with van der Waals surface area (Å²) in [6, 6.07) is 12.3. The molecule has 43 heavy (non-hydrogen) atoms. The van der Waals surface area contributed by atoms with Gasteiger partial charge in [-0.3, -0.25) is 9.69 Å². The lowest BCUT2D eigenvalue weighted by molar-refractivity contribution is -0.908. The smallest absolute Gasteiger partial charge is 0.300 e. The number of hydrogen-bond acceptors (Lipinski definition) is 7. The number of nitrogens with zero attached hydrogens (tertiary/aromatic N) is 3. The average molecular weight is 606 g/mol. The standard InChI is InChI=1S/C28H43N4O3.C5H8F2O/c1-6-32(3)17-15-31(16-18-32)26-10-7-9-23(21-33)24(26)20-30(2)25(11-8-14-29)22-12-13-27(34-4)28(19-22)35-5;1-4(8-3)5(2,6)7/h7,9-10,12-13,19,21,25H,6,8,11,14-18,20,29H2,1-5H3;1H2,2-3H3/q+1;/t25-;/m1./s1. The summed E-state index contributed by atoms with van der Waals surface area (Å²) in [5, 5.41) is 0. The largest absolute Gasteiger partial charge is 0.495 e. The minimum absolute atomic E-state index is 0.132. The molecule has 2 aromatic rings. The van der Waals surface area contributed by atoms with E-state index in [4.69, 9.17) is 15.2 Å². The molecule has 2 aromatic carbocycles. The fourth-order valence-corrected chi connectivity index (χ4v) is 5.23. The summed E-state index contributed by atoms with van der Waals surface area (Å²) in [6.45, 7) is 12.6. The summed E-state index contributed by atoms with van der Waals surface area (Å²) in [4.78, 5) is 16.9. The Morgan fingerprint density at radius 1 is 1.16 bits per heavy atom. The molecule has 0 radical (unpaired) electrons. The number of allylic oxidation sites excluding steroid dienone is 1. The first-order valence-electron chi connectivity index (χ1n) is 14.8. The summed E-state index contributed by atoms with van der Waals surface area (Å²) >= 11 is 0. The van der Waals surface area contributed by atoms with Crippen molar-refractivity contribution >= 4 is 12.0 Å². The van der Waals surface area contributed by atoms with Crippen LogP contribution in [0.15, 0.2) is 48.7 Å². The number of methoxy groups -OCH3 is 3. The van der Waals surface area contributed by atoms with Crippen molar-refractivity contribution in [2.45, 2.75) is 45.2 Å². The third-order valence-electron chi connectivity index (χ3n) is 8.39. The summed E-state index contributed by atoms with van der Waals surface area (Å²) in [5.41, 5.74) is 10.1. The summed E-state index contributed by atoms with van der Waals surface area (Å²) in [6.07, 6.45) is 2.82. The van der Waals surface area contributed by atoms with E-state index in [0.717, 1.165) is 85.7 Å². The van der Waals surface area contributed by atoms with E-state index >= 15 is 0 Å². The first-order valence-corrected chi connectivity index (χ1v) is 14.8. The maximum absolute atomic E-state index is 12.1. The molecule has 0 unspecified atom stereocenters. The van der Waals surface area contributed by atoms with Crippen LogP contribution in [-0.2, 0) is 11.3 Å². The lowest BCUT2D eigenvalue weighted by atomic mass is 9.97. The van der Waals surface area contributed by atoms with Crippen LogP contribution in [0.3, 0.4) is 0 Å². The van der Waals surface area contributed by atoms with Crippen molar-refractivity contribution in [3.63, 3.8) is 0 Å². The van der Waals surface area contributed by atoms with Crippen molar-refractivity contribution in [1.82, 2.24) is 4.90 Å². The molecule has 1 aliphatic heterocycles. The van der Waals surface area contributed by atoms with Gasteiger partial charge in [-0.05, 0) is 62.7 Å². The van der Waals surface area contributed by atoms with Gasteiger partial charge in [-0.1, -0.05) is 24.8 Å². The molecule has 1 saturated heterocycles. The van der Waals surface area contributed by atoms with E-state index in [1.807, 2.05) is 18.2 Å². The molecule has 0 saturated carbocycles. The van der Waals surface area contributed by atoms with Crippen LogP contribution in [0.5, 0.6) is 11.5 Å². The van der Waals surface area contributed by atoms with Gasteiger partial charge in [0.25, 0.3) is 0 Å². The van der Waals surface area contributed by atoms with Gasteiger partial charge in [0.1, 0.15) is 6.29 Å². The molecular weight excluding hydrogens is 554 g/mol. The van der Waals surface area contributed by atoms with Gasteiger partial charge in [0, 0.05) is 30.8 Å². The molecule has 1 fully saturated rings. The number of ether oxygens (including phenoxy) is 3. The quantitative estimate of drug-likeness (QED) is 0.173. The number of nitrogens with two attached hydrogens (primary N) is 1. The Balaban J connectivity index is 0.000000708. The number of alkyl halides is 2. The molecule has 1 heterocycles. The average Bonchev–Trinajstić information content (AvgIpc) is 3.01. The number of rotatable bonds is 14. The number of quaternary nitrogens is 1. The number of anilines is 1. The summed E-state index contributed by atoms with van der Waals surface area (Å²) in [5.74, 6) is -1.98. The Kier molecular flexibility index (Phi) is 13.9. The summed E-state index contributed by atoms with van der Waals surface area (Å²) in [7, 11) is 8.94. The minimum atomic E-state index is -2.91. The number of likely N-dealkylation sites (N-methyl/N-ethyl adjacent to an activating group) is 1. The van der Waals surface area contributed by atoms with E-state index in [1.54, 1.807) is 14.2 Å². The van der Waals surface area contributed by atoms with Gasteiger partial charge in [0.15, 0.2) is 17.3 Å². The maximum Gasteiger partial charge on any atom is 0.300 e. The van der Waals surface area contributed by atoms with Crippen LogP contribution in [0.4, 0.5) is 14.5 Å². The third-order valence-corrected chi connectivity index (χ3v) is 8.39. The second kappa shape index (κ2) is 16.6. The predicted octanol–water partition coefficient (Wildman–Crippen LogP) is 5.52. The van der Waals surface area contributed by atoms with E-state index in [9.17, 15) is 13.6 Å². The third kappa shape index (κ3) is 9.91. The lowest BCUT2D eigenvalue weighted by Gasteiger charge is -2.43. The van der Waals surface area contributed by atoms with Crippen LogP contribution >= 0.6 is 0 Å². The number of aldehydes is 1. The molecule has 10 heteroatoms. The Labute approximate surface area is 256 Å². The second-order valence-electron chi connectivity index (χ2n) is 11.3. The van der Waals surface area contributed by atoms with Crippen molar-refractivity contribution in [3.8, 4) is 11.5 Å². The van der Waals surface area contributed by atoms with Crippen molar-refractivity contribution in [3.05, 3.63) is 65.4 Å². The van der Waals surface area contributed by atoms with Gasteiger partial charge in [-0.15, -0.1) is 0 Å². The van der Waals surface area contributed by atoms with Crippen LogP contribution in [0.25, 0.3) is 0 Å². The molecule has 0 aliphatic carbocycles. The van der Waals surface area contributed by atoms with Crippen molar-refractivity contribution < 1.29 is 32.3 Å². The molecular formula is C33H51F2N4O4+. The Hall–Kier alpha value is -3.21. The SMILES string of the molecule is C=C(OC)C(C)(F)F.CC[N+]1(C)CCN(c2cccc(C=O)c2CN(C)[C@H](CCCN)c2ccc(OC)c(OC)c2)CC1. The second-order valence-corrected chi connectivity index (χ2v) is 11.3. The number of halogens is 2. The Bertz CT molecular complexity index is 1180. The summed E-state index contributed by atoms with van der Waals surface area (Å²) < 4.78 is 40.1. The zero-order chi connectivity index (χ0) is 32.2. The van der Waals surface area contributed by atoms with Crippen LogP contribution in [0.1, 0.15) is 54.2 Å². The van der Waals surface area contributed by atoms with Crippen LogP contribution < -0.4 is 20.1 Å². The van der Waals surface area contributed by atoms with E-state index in [2.05, 4.69) is 60.3 Å². The highest BCUT2D eigenvalue weighted by atomic mass is 19.3. The van der Waals surface area contributed by atoms with Gasteiger partial charge in [-0.25, -0.2) is 0 Å². The van der Waals surface area contributed by atoms with E-state index in [-0.39, 0.29) is 6.04 Å². The van der Waals surface area contributed by atoms with Crippen molar-refractivity contribution in [1.29, 1.82) is 0 Å². The normalized spacial score (nSPS) is 15.3. The molecule has 0 aromatic heterocycles. The van der Waals surface area contributed by atoms with Crippen molar-refractivity contribution in [2.24, 2.45) is 5.73 Å². The van der Waals surface area contributed by atoms with E-state index in [0.29, 0.717) is 18.8 Å². The zero-order valence-corrected chi connectivity index (χ0v) is 27.0. The highest BCUT2D eigenvalue weighted by Gasteiger charge is 2.29. The molecule has 3 rings (SSSR count). The highest BCUT2D eigenvalue weighted by molar-refractivity contribution is 5.81. The Morgan fingerprint density at radius 3 is 2.30 bits per heavy atom. The molecule has 0 spiro atoms. The van der Waals surface area contributed by atoms with Gasteiger partial charge in [-0.2, -0.15) is 8.78 Å². The number of carbonyl (C=O) groups excluding carboxylic acids is 1. The van der Waals surface area contributed by atoms with Gasteiger partial charge in [0.05, 0.1) is 61.1 Å². The molecule has 240 valence electrons. The van der Waals surface area contributed by atoms with Gasteiger partial charge in [0.2, 0.25) is 0 Å². The first-order chi connectivity index (χ1) is 20.4. The van der Waals surface area contributed by atoms with Crippen molar-refractivity contribution in [2.75, 3.05) is 79.6 Å². The van der Waals surface area contributed by atoms with Crippen LogP contribution in [0.2, 0.25) is 0 Å². The predicted molar refractivity (Wildman–Crippen MR) is 169 cm³/mol. The van der Waals surface area contributed by atoms with Crippen LogP contribution in [0, 0.1) is 0 Å². The maximum atomic E-state index is 12.1. The number of benzene rings is 2. The highest BCUT2D eigenvalue weighted by Crippen LogP contribution is 2.35. The topological polar surface area (TPSA) is 77.3 Å². The van der Waals surface area contributed by atoms with Crippen LogP contribution in [-0.4, -0.2) is 96.3 Å². The minimum Gasteiger partial charge on any atom is -0.495 e. The Morgan fingerprint density at radius 2 is 1.81 bits per heavy atom. The van der Waals surface area contributed by atoms with E-state index < -0.39 is 11.7 Å². The first kappa shape index (κ1) is 36.0. The lowest BCUT2D eigenvalue weighted by Crippen LogP contribution is -2.57. The molecule has 1 atom stereocenters. The molecule has 8 nitrogen and oxygen atoms in total. The molecule has 1 aliphatic rings. The fourth-order valence-electron chi connectivity index (χ4n) is 5.23. The van der Waals surface area contributed by atoms with Gasteiger partial charge >= 0.3 is 5.92 Å². The number of carbonyl (C=O) groups is 1. The van der Waals surface area contributed by atoms with E-state index in [1.165, 1.54) is 12.8 Å². The molecule has 0 amide bonds. The van der Waals surface area contributed by atoms with Gasteiger partial charge < -0.3 is 29.3 Å². The monoisotopic (exact) mass is 605 g/mol. The number of hydrogen-bond donors (Lipinski definition) is 1. The molecule has 0 bridgehead atoms.